The van der Waals surface area contributed by atoms with E-state index in [0.29, 0.717) is 13.1 Å². The van der Waals surface area contributed by atoms with Crippen LogP contribution in [0.15, 0.2) is 33.5 Å². The van der Waals surface area contributed by atoms with Gasteiger partial charge in [-0.15, -0.1) is 0 Å². The second kappa shape index (κ2) is 6.59. The Balaban J connectivity index is 1.95. The molecule has 0 aliphatic carbocycles. The molecule has 5 nitrogen and oxygen atoms in total. The standard InChI is InChI=1S/C19H22FNO4/c1-12(2)19(11-22)6-3-7-21(10-19)18(24)17-9-15(23)14-5-4-13(20)8-16(14)25-17/h4-5,8-9,12,22H,3,6-7,10-11H2,1-2H3. The van der Waals surface area contributed by atoms with Crippen LogP contribution >= 0.6 is 0 Å². The number of carbonyl (C=O) groups excluding carboxylic acids is 1. The van der Waals surface area contributed by atoms with Crippen LogP contribution in [0.5, 0.6) is 0 Å². The van der Waals surface area contributed by atoms with Crippen LogP contribution in [0.4, 0.5) is 4.39 Å². The lowest BCUT2D eigenvalue weighted by Crippen LogP contribution is -2.50. The summed E-state index contributed by atoms with van der Waals surface area (Å²) in [6, 6.07) is 4.80. The fourth-order valence-electron chi connectivity index (χ4n) is 3.51. The maximum absolute atomic E-state index is 13.4. The minimum atomic E-state index is -0.530. The molecular formula is C19H22FNO4. The molecule has 1 aliphatic heterocycles. The summed E-state index contributed by atoms with van der Waals surface area (Å²) in [6.45, 7) is 5.01. The van der Waals surface area contributed by atoms with Gasteiger partial charge in [-0.2, -0.15) is 0 Å². The fourth-order valence-corrected chi connectivity index (χ4v) is 3.51. The Bertz CT molecular complexity index is 860. The van der Waals surface area contributed by atoms with Crippen molar-refractivity contribution in [3.8, 4) is 0 Å². The molecule has 1 atom stereocenters. The van der Waals surface area contributed by atoms with Crippen LogP contribution < -0.4 is 5.43 Å². The van der Waals surface area contributed by atoms with Crippen molar-refractivity contribution in [3.05, 3.63) is 46.1 Å². The molecule has 1 fully saturated rings. The van der Waals surface area contributed by atoms with Crippen molar-refractivity contribution >= 4 is 16.9 Å². The van der Waals surface area contributed by atoms with Gasteiger partial charge >= 0.3 is 0 Å². The molecule has 2 heterocycles. The first-order valence-corrected chi connectivity index (χ1v) is 8.50. The van der Waals surface area contributed by atoms with E-state index < -0.39 is 11.7 Å². The molecule has 1 aliphatic rings. The molecule has 1 saturated heterocycles. The zero-order valence-corrected chi connectivity index (χ0v) is 14.4. The first kappa shape index (κ1) is 17.6. The highest BCUT2D eigenvalue weighted by Crippen LogP contribution is 2.37. The number of carbonyl (C=O) groups is 1. The lowest BCUT2D eigenvalue weighted by molar-refractivity contribution is -0.000500. The van der Waals surface area contributed by atoms with Gasteiger partial charge < -0.3 is 14.4 Å². The highest BCUT2D eigenvalue weighted by Gasteiger charge is 2.39. The second-order valence-electron chi connectivity index (χ2n) is 7.12. The van der Waals surface area contributed by atoms with Gasteiger partial charge in [0.05, 0.1) is 12.0 Å². The van der Waals surface area contributed by atoms with Gasteiger partial charge in [0.15, 0.2) is 11.2 Å². The number of rotatable bonds is 3. The van der Waals surface area contributed by atoms with Crippen LogP contribution in [0.1, 0.15) is 37.2 Å². The Kier molecular flexibility index (Phi) is 4.64. The van der Waals surface area contributed by atoms with Crippen molar-refractivity contribution in [2.45, 2.75) is 26.7 Å². The minimum Gasteiger partial charge on any atom is -0.451 e. The average Bonchev–Trinajstić information content (AvgIpc) is 2.60. The van der Waals surface area contributed by atoms with Gasteiger partial charge in [0.1, 0.15) is 11.4 Å². The molecular weight excluding hydrogens is 325 g/mol. The third kappa shape index (κ3) is 3.18. The first-order chi connectivity index (χ1) is 11.9. The van der Waals surface area contributed by atoms with Crippen molar-refractivity contribution < 1.29 is 18.7 Å². The molecule has 2 aromatic rings. The van der Waals surface area contributed by atoms with Crippen molar-refractivity contribution in [1.29, 1.82) is 0 Å². The van der Waals surface area contributed by atoms with Crippen LogP contribution in [-0.4, -0.2) is 35.6 Å². The Morgan fingerprint density at radius 1 is 1.40 bits per heavy atom. The van der Waals surface area contributed by atoms with Crippen LogP contribution in [0.2, 0.25) is 0 Å². The molecule has 134 valence electrons. The van der Waals surface area contributed by atoms with E-state index in [0.717, 1.165) is 25.0 Å². The first-order valence-electron chi connectivity index (χ1n) is 8.50. The summed E-state index contributed by atoms with van der Waals surface area (Å²) >= 11 is 0. The minimum absolute atomic E-state index is 0.00132. The Labute approximate surface area is 145 Å². The third-order valence-corrected chi connectivity index (χ3v) is 5.34. The molecule has 3 rings (SSSR count). The SMILES string of the molecule is CC(C)C1(CO)CCCN(C(=O)c2cc(=O)c3ccc(F)cc3o2)C1. The predicted molar refractivity (Wildman–Crippen MR) is 91.9 cm³/mol. The molecule has 0 radical (unpaired) electrons. The van der Waals surface area contributed by atoms with Crippen LogP contribution in [0.25, 0.3) is 11.0 Å². The monoisotopic (exact) mass is 347 g/mol. The van der Waals surface area contributed by atoms with Crippen LogP contribution in [0, 0.1) is 17.2 Å². The normalized spacial score (nSPS) is 21.1. The van der Waals surface area contributed by atoms with Crippen molar-refractivity contribution in [3.63, 3.8) is 0 Å². The zero-order valence-electron chi connectivity index (χ0n) is 14.4. The van der Waals surface area contributed by atoms with E-state index in [1.54, 1.807) is 4.90 Å². The quantitative estimate of drug-likeness (QED) is 0.927. The molecule has 25 heavy (non-hydrogen) atoms. The van der Waals surface area contributed by atoms with Gasteiger partial charge in [0.25, 0.3) is 5.91 Å². The van der Waals surface area contributed by atoms with Crippen molar-refractivity contribution in [2.24, 2.45) is 11.3 Å². The van der Waals surface area contributed by atoms with E-state index in [4.69, 9.17) is 4.42 Å². The summed E-state index contributed by atoms with van der Waals surface area (Å²) in [6.07, 6.45) is 1.62. The highest BCUT2D eigenvalue weighted by molar-refractivity contribution is 5.93. The molecule has 1 aromatic carbocycles. The van der Waals surface area contributed by atoms with Crippen LogP contribution in [0.3, 0.4) is 0 Å². The van der Waals surface area contributed by atoms with Gasteiger partial charge in [-0.05, 0) is 30.9 Å². The number of likely N-dealkylation sites (tertiary alicyclic amines) is 1. The molecule has 1 unspecified atom stereocenters. The summed E-state index contributed by atoms with van der Waals surface area (Å²) in [5.74, 6) is -0.815. The maximum atomic E-state index is 13.4. The summed E-state index contributed by atoms with van der Waals surface area (Å²) in [5, 5.41) is 10.1. The summed E-state index contributed by atoms with van der Waals surface area (Å²) < 4.78 is 18.9. The van der Waals surface area contributed by atoms with Crippen molar-refractivity contribution in [2.75, 3.05) is 19.7 Å². The number of halogens is 1. The lowest BCUT2D eigenvalue weighted by atomic mass is 9.72. The summed E-state index contributed by atoms with van der Waals surface area (Å²) in [4.78, 5) is 26.6. The topological polar surface area (TPSA) is 70.8 Å². The van der Waals surface area contributed by atoms with Gasteiger partial charge in [0, 0.05) is 30.6 Å². The smallest absolute Gasteiger partial charge is 0.289 e. The number of aliphatic hydroxyl groups is 1. The summed E-state index contributed by atoms with van der Waals surface area (Å²) in [7, 11) is 0. The average molecular weight is 347 g/mol. The number of hydrogen-bond donors (Lipinski definition) is 1. The van der Waals surface area contributed by atoms with E-state index in [1.165, 1.54) is 12.1 Å². The fraction of sp³-hybridized carbons (Fsp3) is 0.474. The molecule has 6 heteroatoms. The molecule has 1 amide bonds. The predicted octanol–water partition coefficient (Wildman–Crippen LogP) is 2.80. The number of nitrogens with zero attached hydrogens (tertiary/aromatic N) is 1. The number of amides is 1. The van der Waals surface area contributed by atoms with E-state index in [-0.39, 0.29) is 40.1 Å². The van der Waals surface area contributed by atoms with Gasteiger partial charge in [-0.1, -0.05) is 13.8 Å². The van der Waals surface area contributed by atoms with Gasteiger partial charge in [-0.3, -0.25) is 9.59 Å². The molecule has 1 N–H and O–H groups in total. The van der Waals surface area contributed by atoms with E-state index in [9.17, 15) is 19.1 Å². The van der Waals surface area contributed by atoms with Gasteiger partial charge in [0.2, 0.25) is 0 Å². The molecule has 1 aromatic heterocycles. The Morgan fingerprint density at radius 3 is 2.84 bits per heavy atom. The van der Waals surface area contributed by atoms with E-state index in [2.05, 4.69) is 0 Å². The third-order valence-electron chi connectivity index (χ3n) is 5.34. The van der Waals surface area contributed by atoms with E-state index in [1.807, 2.05) is 13.8 Å². The van der Waals surface area contributed by atoms with Crippen LogP contribution in [-0.2, 0) is 0 Å². The Morgan fingerprint density at radius 2 is 2.16 bits per heavy atom. The highest BCUT2D eigenvalue weighted by atomic mass is 19.1. The van der Waals surface area contributed by atoms with Gasteiger partial charge in [-0.25, -0.2) is 4.39 Å². The van der Waals surface area contributed by atoms with E-state index >= 15 is 0 Å². The second-order valence-corrected chi connectivity index (χ2v) is 7.12. The molecule has 0 bridgehead atoms. The molecule has 0 spiro atoms. The number of piperidine rings is 1. The summed E-state index contributed by atoms with van der Waals surface area (Å²) in [5.41, 5.74) is -0.666. The Hall–Kier alpha value is -2.21. The number of hydrogen-bond acceptors (Lipinski definition) is 4. The largest absolute Gasteiger partial charge is 0.451 e. The number of fused-ring (bicyclic) bond motifs is 1. The maximum Gasteiger partial charge on any atom is 0.289 e. The van der Waals surface area contributed by atoms with Crippen molar-refractivity contribution in [1.82, 2.24) is 4.90 Å². The number of aliphatic hydroxyl groups excluding tert-OH is 1. The molecule has 0 saturated carbocycles. The lowest BCUT2D eigenvalue weighted by Gasteiger charge is -2.44. The zero-order chi connectivity index (χ0) is 18.2. The number of benzene rings is 1.